The number of hydrogen-bond acceptors (Lipinski definition) is 2. The van der Waals surface area contributed by atoms with Crippen molar-refractivity contribution in [1.82, 2.24) is 5.32 Å². The van der Waals surface area contributed by atoms with Crippen LogP contribution in [0.25, 0.3) is 0 Å². The first kappa shape index (κ1) is 8.50. The molecule has 0 unspecified atom stereocenters. The molecule has 0 saturated heterocycles. The highest BCUT2D eigenvalue weighted by molar-refractivity contribution is 4.76. The van der Waals surface area contributed by atoms with E-state index in [1.54, 1.807) is 0 Å². The highest BCUT2D eigenvalue weighted by Gasteiger charge is 1.77. The van der Waals surface area contributed by atoms with Crippen molar-refractivity contribution in [3.05, 3.63) is 12.3 Å². The lowest BCUT2D eigenvalue weighted by Gasteiger charge is -1.94. The monoisotopic (exact) mass is 129 g/mol. The van der Waals surface area contributed by atoms with Gasteiger partial charge >= 0.3 is 0 Å². The molecule has 0 heterocycles. The van der Waals surface area contributed by atoms with Gasteiger partial charge in [-0.1, -0.05) is 6.92 Å². The first-order chi connectivity index (χ1) is 4.41. The number of nitrogens with one attached hydrogen (secondary N) is 1. The van der Waals surface area contributed by atoms with E-state index < -0.39 is 0 Å². The fourth-order valence-corrected chi connectivity index (χ4v) is 0.462. The van der Waals surface area contributed by atoms with Crippen molar-refractivity contribution in [3.63, 3.8) is 0 Å². The van der Waals surface area contributed by atoms with Crippen LogP contribution >= 0.6 is 0 Å². The minimum atomic E-state index is 0.717. The van der Waals surface area contributed by atoms with Gasteiger partial charge in [-0.25, -0.2) is 0 Å². The Labute approximate surface area is 56.9 Å². The lowest BCUT2D eigenvalue weighted by Crippen LogP contribution is -1.95. The summed E-state index contributed by atoms with van der Waals surface area (Å²) in [7, 11) is 1.87. The lowest BCUT2D eigenvalue weighted by atomic mass is 10.5. The number of hydrogen-bond donors (Lipinski definition) is 1. The van der Waals surface area contributed by atoms with Gasteiger partial charge in [0, 0.05) is 13.7 Å². The molecule has 0 aliphatic heterocycles. The summed E-state index contributed by atoms with van der Waals surface area (Å²) < 4.78 is 5.16. The Morgan fingerprint density at radius 3 is 2.89 bits per heavy atom. The lowest BCUT2D eigenvalue weighted by molar-refractivity contribution is 0.163. The van der Waals surface area contributed by atoms with Crippen LogP contribution in [-0.2, 0) is 4.74 Å². The van der Waals surface area contributed by atoms with Gasteiger partial charge in [-0.05, 0) is 18.7 Å². The Hall–Kier alpha value is -0.500. The molecule has 9 heavy (non-hydrogen) atoms. The van der Waals surface area contributed by atoms with Crippen LogP contribution in [0.5, 0.6) is 0 Å². The van der Waals surface area contributed by atoms with Crippen LogP contribution < -0.4 is 5.32 Å². The second-order valence-corrected chi connectivity index (χ2v) is 1.77. The molecule has 2 heteroatoms. The topological polar surface area (TPSA) is 21.3 Å². The van der Waals surface area contributed by atoms with Gasteiger partial charge in [-0.3, -0.25) is 0 Å². The van der Waals surface area contributed by atoms with E-state index in [0.717, 1.165) is 13.0 Å². The SMILES string of the molecule is CCCOCC=CNC. The molecule has 0 aliphatic rings. The highest BCUT2D eigenvalue weighted by Crippen LogP contribution is 1.79. The summed E-state index contributed by atoms with van der Waals surface area (Å²) in [5.74, 6) is 0. The van der Waals surface area contributed by atoms with Crippen molar-refractivity contribution in [2.24, 2.45) is 0 Å². The number of ether oxygens (including phenoxy) is 1. The Morgan fingerprint density at radius 1 is 1.56 bits per heavy atom. The van der Waals surface area contributed by atoms with E-state index in [-0.39, 0.29) is 0 Å². The van der Waals surface area contributed by atoms with Crippen molar-refractivity contribution in [2.45, 2.75) is 13.3 Å². The summed E-state index contributed by atoms with van der Waals surface area (Å²) >= 11 is 0. The van der Waals surface area contributed by atoms with Gasteiger partial charge in [0.2, 0.25) is 0 Å². The molecule has 0 aromatic heterocycles. The zero-order valence-corrected chi connectivity index (χ0v) is 6.18. The average molecular weight is 129 g/mol. The van der Waals surface area contributed by atoms with Crippen LogP contribution in [0.15, 0.2) is 12.3 Å². The molecule has 0 aromatic rings. The van der Waals surface area contributed by atoms with Crippen molar-refractivity contribution in [1.29, 1.82) is 0 Å². The van der Waals surface area contributed by atoms with E-state index in [1.807, 2.05) is 19.3 Å². The second-order valence-electron chi connectivity index (χ2n) is 1.77. The van der Waals surface area contributed by atoms with Gasteiger partial charge in [0.25, 0.3) is 0 Å². The standard InChI is InChI=1S/C7H15NO/c1-3-6-9-7-4-5-8-2/h4-5,8H,3,6-7H2,1-2H3. The first-order valence-electron chi connectivity index (χ1n) is 3.31. The normalized spacial score (nSPS) is 10.4. The predicted molar refractivity (Wildman–Crippen MR) is 39.3 cm³/mol. The molecule has 0 aromatic carbocycles. The third-order valence-electron chi connectivity index (χ3n) is 0.847. The molecule has 0 aliphatic carbocycles. The first-order valence-corrected chi connectivity index (χ1v) is 3.31. The largest absolute Gasteiger partial charge is 0.394 e. The summed E-state index contributed by atoms with van der Waals surface area (Å²) in [6, 6.07) is 0. The van der Waals surface area contributed by atoms with Crippen molar-refractivity contribution < 1.29 is 4.74 Å². The minimum absolute atomic E-state index is 0.717. The fraction of sp³-hybridized carbons (Fsp3) is 0.714. The summed E-state index contributed by atoms with van der Waals surface area (Å²) in [6.07, 6.45) is 4.92. The molecule has 0 saturated carbocycles. The predicted octanol–water partition coefficient (Wildman–Crippen LogP) is 1.15. The van der Waals surface area contributed by atoms with E-state index in [2.05, 4.69) is 12.2 Å². The number of rotatable bonds is 5. The van der Waals surface area contributed by atoms with Gasteiger partial charge in [-0.15, -0.1) is 0 Å². The van der Waals surface area contributed by atoms with Gasteiger partial charge in [0.1, 0.15) is 0 Å². The van der Waals surface area contributed by atoms with Crippen LogP contribution in [0.4, 0.5) is 0 Å². The average Bonchev–Trinajstić information content (AvgIpc) is 1.89. The summed E-state index contributed by atoms with van der Waals surface area (Å²) in [5.41, 5.74) is 0. The maximum absolute atomic E-state index is 5.16. The van der Waals surface area contributed by atoms with Gasteiger partial charge in [0.05, 0.1) is 6.61 Å². The van der Waals surface area contributed by atoms with E-state index in [4.69, 9.17) is 4.74 Å². The third-order valence-corrected chi connectivity index (χ3v) is 0.847. The van der Waals surface area contributed by atoms with E-state index in [0.29, 0.717) is 6.61 Å². The molecule has 1 N–H and O–H groups in total. The molecular formula is C7H15NO. The molecule has 0 amide bonds. The molecule has 0 radical (unpaired) electrons. The van der Waals surface area contributed by atoms with Crippen LogP contribution in [0.1, 0.15) is 13.3 Å². The molecule has 54 valence electrons. The third kappa shape index (κ3) is 7.50. The van der Waals surface area contributed by atoms with Crippen LogP contribution in [0.2, 0.25) is 0 Å². The van der Waals surface area contributed by atoms with Crippen molar-refractivity contribution >= 4 is 0 Å². The molecule has 2 nitrogen and oxygen atoms in total. The van der Waals surface area contributed by atoms with Crippen LogP contribution in [0.3, 0.4) is 0 Å². The summed E-state index contributed by atoms with van der Waals surface area (Å²) in [6.45, 7) is 3.67. The summed E-state index contributed by atoms with van der Waals surface area (Å²) in [5, 5.41) is 2.88. The summed E-state index contributed by atoms with van der Waals surface area (Å²) in [4.78, 5) is 0. The van der Waals surface area contributed by atoms with E-state index in [9.17, 15) is 0 Å². The van der Waals surface area contributed by atoms with Crippen molar-refractivity contribution in [2.75, 3.05) is 20.3 Å². The molecule has 0 spiro atoms. The zero-order chi connectivity index (χ0) is 6.95. The Bertz CT molecular complexity index is 71.3. The van der Waals surface area contributed by atoms with E-state index in [1.165, 1.54) is 0 Å². The quantitative estimate of drug-likeness (QED) is 0.562. The van der Waals surface area contributed by atoms with Crippen LogP contribution in [0, 0.1) is 0 Å². The Balaban J connectivity index is 2.82. The molecule has 0 atom stereocenters. The molecule has 0 fully saturated rings. The van der Waals surface area contributed by atoms with Crippen molar-refractivity contribution in [3.8, 4) is 0 Å². The Kier molecular flexibility index (Phi) is 7.08. The van der Waals surface area contributed by atoms with Crippen LogP contribution in [-0.4, -0.2) is 20.3 Å². The maximum atomic E-state index is 5.16. The molecule has 0 bridgehead atoms. The Morgan fingerprint density at radius 2 is 2.33 bits per heavy atom. The smallest absolute Gasteiger partial charge is 0.0664 e. The van der Waals surface area contributed by atoms with Gasteiger partial charge < -0.3 is 10.1 Å². The zero-order valence-electron chi connectivity index (χ0n) is 6.18. The highest BCUT2D eigenvalue weighted by atomic mass is 16.5. The van der Waals surface area contributed by atoms with Gasteiger partial charge in [0.15, 0.2) is 0 Å². The maximum Gasteiger partial charge on any atom is 0.0664 e. The second kappa shape index (κ2) is 7.50. The molecule has 0 rings (SSSR count). The van der Waals surface area contributed by atoms with E-state index >= 15 is 0 Å². The fourth-order valence-electron chi connectivity index (χ4n) is 0.462. The minimum Gasteiger partial charge on any atom is -0.394 e. The molecular weight excluding hydrogens is 114 g/mol. The van der Waals surface area contributed by atoms with Gasteiger partial charge in [-0.2, -0.15) is 0 Å².